The number of hydrogen-bond donors (Lipinski definition) is 1. The lowest BCUT2D eigenvalue weighted by molar-refractivity contribution is 0.483. The molecular weight excluding hydrogens is 224 g/mol. The van der Waals surface area contributed by atoms with Gasteiger partial charge in [-0.15, -0.1) is 0 Å². The molecule has 0 fully saturated rings. The Hall–Kier alpha value is -1.05. The predicted octanol–water partition coefficient (Wildman–Crippen LogP) is 1.25. The van der Waals surface area contributed by atoms with E-state index >= 15 is 0 Å². The second-order valence-electron chi connectivity index (χ2n) is 2.82. The highest BCUT2D eigenvalue weighted by Gasteiger charge is 2.19. The minimum atomic E-state index is -4.23. The molecule has 1 N–H and O–H groups in total. The largest absolute Gasteiger partial charge is 0.297 e. The third-order valence-electron chi connectivity index (χ3n) is 1.84. The maximum atomic E-state index is 11.1. The van der Waals surface area contributed by atoms with Gasteiger partial charge in [-0.05, 0) is 18.6 Å². The Bertz CT molecular complexity index is 588. The van der Waals surface area contributed by atoms with Crippen molar-refractivity contribution in [3.8, 4) is 0 Å². The van der Waals surface area contributed by atoms with Gasteiger partial charge in [0.1, 0.15) is 15.9 Å². The summed E-state index contributed by atoms with van der Waals surface area (Å²) in [6.07, 6.45) is 0. The third kappa shape index (κ3) is 1.39. The molecular formula is C7H6N2O3S2. The molecule has 0 bridgehead atoms. The van der Waals surface area contributed by atoms with Gasteiger partial charge in [0.05, 0.1) is 11.7 Å². The molecule has 0 aliphatic heterocycles. The van der Waals surface area contributed by atoms with Gasteiger partial charge in [-0.1, -0.05) is 6.07 Å². The second kappa shape index (κ2) is 2.97. The molecule has 1 heterocycles. The molecule has 0 amide bonds. The van der Waals surface area contributed by atoms with Crippen LogP contribution in [0, 0.1) is 6.92 Å². The van der Waals surface area contributed by atoms with Gasteiger partial charge in [-0.2, -0.15) is 17.2 Å². The van der Waals surface area contributed by atoms with E-state index in [1.807, 2.05) is 0 Å². The molecule has 0 unspecified atom stereocenters. The molecule has 2 aromatic rings. The van der Waals surface area contributed by atoms with E-state index in [1.165, 1.54) is 0 Å². The SMILES string of the molecule is Cc1ccc2nsnc2c1S(=O)(=O)O. The van der Waals surface area contributed by atoms with Crippen LogP contribution in [-0.2, 0) is 10.1 Å². The van der Waals surface area contributed by atoms with E-state index in [-0.39, 0.29) is 10.4 Å². The summed E-state index contributed by atoms with van der Waals surface area (Å²) < 4.78 is 38.8. The predicted molar refractivity (Wildman–Crippen MR) is 52.0 cm³/mol. The quantitative estimate of drug-likeness (QED) is 0.746. The maximum Gasteiger partial charge on any atom is 0.297 e. The van der Waals surface area contributed by atoms with Crippen LogP contribution in [0.3, 0.4) is 0 Å². The Labute approximate surface area is 84.5 Å². The zero-order valence-electron chi connectivity index (χ0n) is 7.13. The fourth-order valence-corrected chi connectivity index (χ4v) is 2.72. The maximum absolute atomic E-state index is 11.1. The topological polar surface area (TPSA) is 80.2 Å². The molecule has 0 radical (unpaired) electrons. The van der Waals surface area contributed by atoms with Crippen molar-refractivity contribution in [1.29, 1.82) is 0 Å². The van der Waals surface area contributed by atoms with Crippen LogP contribution in [0.2, 0.25) is 0 Å². The van der Waals surface area contributed by atoms with E-state index in [1.54, 1.807) is 19.1 Å². The first kappa shape index (κ1) is 9.50. The van der Waals surface area contributed by atoms with Crippen molar-refractivity contribution in [1.82, 2.24) is 8.75 Å². The summed E-state index contributed by atoms with van der Waals surface area (Å²) in [5.74, 6) is 0. The van der Waals surface area contributed by atoms with Gasteiger partial charge in [0.25, 0.3) is 10.1 Å². The van der Waals surface area contributed by atoms with Crippen LogP contribution in [-0.4, -0.2) is 21.7 Å². The van der Waals surface area contributed by atoms with E-state index in [9.17, 15) is 8.42 Å². The molecule has 5 nitrogen and oxygen atoms in total. The van der Waals surface area contributed by atoms with Gasteiger partial charge >= 0.3 is 0 Å². The molecule has 1 aromatic heterocycles. The van der Waals surface area contributed by atoms with Crippen molar-refractivity contribution in [2.24, 2.45) is 0 Å². The highest BCUT2D eigenvalue weighted by atomic mass is 32.2. The Kier molecular flexibility index (Phi) is 2.02. The molecule has 1 aromatic carbocycles. The first-order valence-electron chi connectivity index (χ1n) is 3.69. The third-order valence-corrected chi connectivity index (χ3v) is 3.41. The van der Waals surface area contributed by atoms with Gasteiger partial charge in [-0.3, -0.25) is 4.55 Å². The first-order chi connectivity index (χ1) is 6.50. The van der Waals surface area contributed by atoms with Crippen molar-refractivity contribution >= 4 is 32.9 Å². The minimum absolute atomic E-state index is 0.149. The fraction of sp³-hybridized carbons (Fsp3) is 0.143. The number of rotatable bonds is 1. The lowest BCUT2D eigenvalue weighted by atomic mass is 10.2. The van der Waals surface area contributed by atoms with Gasteiger partial charge in [0, 0.05) is 0 Å². The van der Waals surface area contributed by atoms with E-state index in [4.69, 9.17) is 4.55 Å². The number of benzene rings is 1. The van der Waals surface area contributed by atoms with Crippen LogP contribution < -0.4 is 0 Å². The number of hydrogen-bond acceptors (Lipinski definition) is 5. The van der Waals surface area contributed by atoms with Crippen molar-refractivity contribution in [2.75, 3.05) is 0 Å². The van der Waals surface area contributed by atoms with Gasteiger partial charge in [0.15, 0.2) is 0 Å². The second-order valence-corrected chi connectivity index (χ2v) is 4.71. The zero-order chi connectivity index (χ0) is 10.3. The average Bonchev–Trinajstić information content (AvgIpc) is 2.48. The summed E-state index contributed by atoms with van der Waals surface area (Å²) in [4.78, 5) is -0.149. The summed E-state index contributed by atoms with van der Waals surface area (Å²) in [7, 11) is -4.23. The lowest BCUT2D eigenvalue weighted by Gasteiger charge is -2.01. The van der Waals surface area contributed by atoms with Crippen molar-refractivity contribution < 1.29 is 13.0 Å². The number of nitrogens with zero attached hydrogens (tertiary/aromatic N) is 2. The number of aryl methyl sites for hydroxylation is 1. The molecule has 0 atom stereocenters. The fourth-order valence-electron chi connectivity index (χ4n) is 1.25. The summed E-state index contributed by atoms with van der Waals surface area (Å²) in [5.41, 5.74) is 1.18. The first-order valence-corrected chi connectivity index (χ1v) is 5.86. The molecule has 0 aliphatic rings. The smallest absolute Gasteiger partial charge is 0.282 e. The van der Waals surface area contributed by atoms with Crippen molar-refractivity contribution in [3.63, 3.8) is 0 Å². The highest BCUT2D eigenvalue weighted by Crippen LogP contribution is 2.24. The van der Waals surface area contributed by atoms with Gasteiger partial charge < -0.3 is 0 Å². The van der Waals surface area contributed by atoms with Crippen LogP contribution in [0.15, 0.2) is 17.0 Å². The molecule has 0 aliphatic carbocycles. The standard InChI is InChI=1S/C7H6N2O3S2/c1-4-2-3-5-6(9-13-8-5)7(4)14(10,11)12/h2-3H,1H3,(H,10,11,12). The summed E-state index contributed by atoms with van der Waals surface area (Å²) in [5, 5.41) is 0. The van der Waals surface area contributed by atoms with Crippen LogP contribution in [0.5, 0.6) is 0 Å². The normalized spacial score (nSPS) is 12.1. The summed E-state index contributed by atoms with van der Waals surface area (Å²) >= 11 is 0.916. The molecule has 14 heavy (non-hydrogen) atoms. The Balaban J connectivity index is 2.98. The van der Waals surface area contributed by atoms with Gasteiger partial charge in [-0.25, -0.2) is 0 Å². The van der Waals surface area contributed by atoms with Crippen molar-refractivity contribution in [2.45, 2.75) is 11.8 Å². The van der Waals surface area contributed by atoms with E-state index in [0.717, 1.165) is 11.7 Å². The van der Waals surface area contributed by atoms with E-state index in [0.29, 0.717) is 11.1 Å². The van der Waals surface area contributed by atoms with E-state index in [2.05, 4.69) is 8.75 Å². The molecule has 2 rings (SSSR count). The minimum Gasteiger partial charge on any atom is -0.282 e. The van der Waals surface area contributed by atoms with Crippen LogP contribution in [0.4, 0.5) is 0 Å². The Morgan fingerprint density at radius 3 is 2.71 bits per heavy atom. The molecule has 0 saturated carbocycles. The monoisotopic (exact) mass is 230 g/mol. The Morgan fingerprint density at radius 2 is 2.07 bits per heavy atom. The summed E-state index contributed by atoms with van der Waals surface area (Å²) in [6.45, 7) is 1.60. The molecule has 74 valence electrons. The molecule has 0 spiro atoms. The average molecular weight is 230 g/mol. The molecule has 7 heteroatoms. The highest BCUT2D eigenvalue weighted by molar-refractivity contribution is 7.86. The van der Waals surface area contributed by atoms with Gasteiger partial charge in [0.2, 0.25) is 0 Å². The lowest BCUT2D eigenvalue weighted by Crippen LogP contribution is -2.01. The number of fused-ring (bicyclic) bond motifs is 1. The van der Waals surface area contributed by atoms with Crippen LogP contribution in [0.25, 0.3) is 11.0 Å². The van der Waals surface area contributed by atoms with Crippen molar-refractivity contribution in [3.05, 3.63) is 17.7 Å². The number of aromatic nitrogens is 2. The molecule has 0 saturated heterocycles. The Morgan fingerprint density at radius 1 is 1.36 bits per heavy atom. The van der Waals surface area contributed by atoms with Crippen LogP contribution >= 0.6 is 11.7 Å². The summed E-state index contributed by atoms with van der Waals surface area (Å²) in [6, 6.07) is 3.26. The van der Waals surface area contributed by atoms with Crippen LogP contribution in [0.1, 0.15) is 5.56 Å². The van der Waals surface area contributed by atoms with E-state index < -0.39 is 10.1 Å². The zero-order valence-corrected chi connectivity index (χ0v) is 8.76.